The van der Waals surface area contributed by atoms with E-state index >= 15 is 0 Å². The second-order valence-corrected chi connectivity index (χ2v) is 8.79. The van der Waals surface area contributed by atoms with Crippen molar-refractivity contribution in [2.45, 2.75) is 24.5 Å². The molecule has 0 aliphatic heterocycles. The zero-order valence-corrected chi connectivity index (χ0v) is 13.6. The van der Waals surface area contributed by atoms with E-state index in [1.165, 1.54) is 29.6 Å². The van der Waals surface area contributed by atoms with Gasteiger partial charge in [0.1, 0.15) is 4.21 Å². The highest BCUT2D eigenvalue weighted by molar-refractivity contribution is 7.91. The third-order valence-corrected chi connectivity index (χ3v) is 6.85. The Morgan fingerprint density at radius 2 is 1.95 bits per heavy atom. The second kappa shape index (κ2) is 6.17. The van der Waals surface area contributed by atoms with Gasteiger partial charge in [-0.15, -0.1) is 22.7 Å². The Labute approximate surface area is 126 Å². The van der Waals surface area contributed by atoms with Gasteiger partial charge in [-0.05, 0) is 44.5 Å². The van der Waals surface area contributed by atoms with Crippen molar-refractivity contribution in [2.75, 3.05) is 6.54 Å². The third-order valence-electron chi connectivity index (χ3n) is 2.65. The molecule has 2 heterocycles. The monoisotopic (exact) mass is 329 g/mol. The van der Waals surface area contributed by atoms with Crippen LogP contribution in [0, 0.1) is 6.92 Å². The number of nitrogens with one attached hydrogen (secondary N) is 1. The lowest BCUT2D eigenvalue weighted by Crippen LogP contribution is -2.25. The maximum Gasteiger partial charge on any atom is 0.250 e. The number of rotatable bonds is 6. The first-order valence-corrected chi connectivity index (χ1v) is 9.16. The van der Waals surface area contributed by atoms with Crippen molar-refractivity contribution >= 4 is 38.5 Å². The van der Waals surface area contributed by atoms with Crippen LogP contribution in [0.2, 0.25) is 0 Å². The van der Waals surface area contributed by atoms with Gasteiger partial charge in [-0.25, -0.2) is 13.1 Å². The number of ketones is 1. The van der Waals surface area contributed by atoms with E-state index < -0.39 is 10.0 Å². The summed E-state index contributed by atoms with van der Waals surface area (Å²) in [5.41, 5.74) is 0. The molecule has 0 aliphatic carbocycles. The van der Waals surface area contributed by atoms with Gasteiger partial charge in [-0.1, -0.05) is 0 Å². The fourth-order valence-corrected chi connectivity index (χ4v) is 4.90. The van der Waals surface area contributed by atoms with Crippen molar-refractivity contribution < 1.29 is 13.2 Å². The molecule has 1 N–H and O–H groups in total. The third kappa shape index (κ3) is 3.76. The Kier molecular flexibility index (Phi) is 4.74. The fraction of sp³-hybridized carbons (Fsp3) is 0.308. The Morgan fingerprint density at radius 1 is 1.20 bits per heavy atom. The predicted molar refractivity (Wildman–Crippen MR) is 82.3 cm³/mol. The van der Waals surface area contributed by atoms with Gasteiger partial charge < -0.3 is 0 Å². The zero-order valence-electron chi connectivity index (χ0n) is 11.2. The Bertz CT molecular complexity index is 713. The van der Waals surface area contributed by atoms with Crippen LogP contribution in [0.1, 0.15) is 26.3 Å². The van der Waals surface area contributed by atoms with E-state index in [0.29, 0.717) is 22.1 Å². The number of sulfonamides is 1. The van der Waals surface area contributed by atoms with E-state index in [4.69, 9.17) is 0 Å². The van der Waals surface area contributed by atoms with Gasteiger partial charge in [-0.2, -0.15) is 0 Å². The average molecular weight is 329 g/mol. The molecule has 0 aromatic carbocycles. The maximum atomic E-state index is 12.0. The molecule has 2 rings (SSSR count). The molecule has 0 atom stereocenters. The largest absolute Gasteiger partial charge is 0.294 e. The molecule has 108 valence electrons. The quantitative estimate of drug-likeness (QED) is 0.829. The number of aryl methyl sites for hydroxylation is 1. The van der Waals surface area contributed by atoms with Crippen molar-refractivity contribution in [3.63, 3.8) is 0 Å². The molecule has 0 unspecified atom stereocenters. The lowest BCUT2D eigenvalue weighted by Gasteiger charge is -2.03. The van der Waals surface area contributed by atoms with Crippen LogP contribution in [-0.4, -0.2) is 20.7 Å². The first-order valence-electron chi connectivity index (χ1n) is 6.04. The van der Waals surface area contributed by atoms with E-state index in [0.717, 1.165) is 9.75 Å². The molecular weight excluding hydrogens is 314 g/mol. The lowest BCUT2D eigenvalue weighted by atomic mass is 10.3. The molecule has 4 nitrogen and oxygen atoms in total. The summed E-state index contributed by atoms with van der Waals surface area (Å²) in [6.07, 6.45) is 0.585. The molecule has 2 aromatic rings. The van der Waals surface area contributed by atoms with Crippen LogP contribution in [-0.2, 0) is 16.4 Å². The summed E-state index contributed by atoms with van der Waals surface area (Å²) in [7, 11) is -3.41. The van der Waals surface area contributed by atoms with E-state index in [-0.39, 0.29) is 5.78 Å². The highest BCUT2D eigenvalue weighted by atomic mass is 32.2. The zero-order chi connectivity index (χ0) is 14.8. The normalized spacial score (nSPS) is 11.7. The first kappa shape index (κ1) is 15.4. The Balaban J connectivity index is 1.93. The van der Waals surface area contributed by atoms with Crippen LogP contribution in [0.15, 0.2) is 28.5 Å². The first-order chi connectivity index (χ1) is 9.38. The minimum absolute atomic E-state index is 0.0379. The molecule has 0 radical (unpaired) electrons. The van der Waals surface area contributed by atoms with Gasteiger partial charge in [-0.3, -0.25) is 4.79 Å². The number of hydrogen-bond acceptors (Lipinski definition) is 5. The van der Waals surface area contributed by atoms with Crippen LogP contribution in [0.4, 0.5) is 0 Å². The molecule has 0 aliphatic rings. The molecule has 7 heteroatoms. The highest BCUT2D eigenvalue weighted by Crippen LogP contribution is 2.21. The summed E-state index contributed by atoms with van der Waals surface area (Å²) in [6.45, 7) is 3.73. The van der Waals surface area contributed by atoms with E-state index in [1.54, 1.807) is 18.2 Å². The predicted octanol–water partition coefficient (Wildman–Crippen LogP) is 2.84. The maximum absolute atomic E-state index is 12.0. The Hall–Kier alpha value is -1.02. The van der Waals surface area contributed by atoms with Crippen molar-refractivity contribution in [1.82, 2.24) is 4.72 Å². The lowest BCUT2D eigenvalue weighted by molar-refractivity contribution is 0.102. The van der Waals surface area contributed by atoms with Crippen molar-refractivity contribution in [1.29, 1.82) is 0 Å². The van der Waals surface area contributed by atoms with Gasteiger partial charge >= 0.3 is 0 Å². The van der Waals surface area contributed by atoms with Gasteiger partial charge in [0, 0.05) is 16.3 Å². The smallest absolute Gasteiger partial charge is 0.250 e. The average Bonchev–Trinajstić information content (AvgIpc) is 2.98. The number of thiophene rings is 2. The Morgan fingerprint density at radius 3 is 2.50 bits per heavy atom. The number of carbonyl (C=O) groups excluding carboxylic acids is 1. The van der Waals surface area contributed by atoms with Crippen LogP contribution in [0.5, 0.6) is 0 Å². The molecular formula is C13H15NO3S3. The molecule has 0 saturated heterocycles. The van der Waals surface area contributed by atoms with Crippen LogP contribution < -0.4 is 4.72 Å². The van der Waals surface area contributed by atoms with E-state index in [2.05, 4.69) is 4.72 Å². The molecule has 0 bridgehead atoms. The van der Waals surface area contributed by atoms with Crippen molar-refractivity contribution in [3.8, 4) is 0 Å². The minimum atomic E-state index is -3.41. The van der Waals surface area contributed by atoms with E-state index in [9.17, 15) is 13.2 Å². The second-order valence-electron chi connectivity index (χ2n) is 4.34. The van der Waals surface area contributed by atoms with Crippen LogP contribution >= 0.6 is 22.7 Å². The molecule has 20 heavy (non-hydrogen) atoms. The molecule has 0 spiro atoms. The minimum Gasteiger partial charge on any atom is -0.294 e. The highest BCUT2D eigenvalue weighted by Gasteiger charge is 2.15. The topological polar surface area (TPSA) is 63.2 Å². The standard InChI is InChI=1S/C13H15NO3S3/c1-9-3-6-13(18-9)20(16,17)14-8-7-11-4-5-12(19-11)10(2)15/h3-6,14H,7-8H2,1-2H3. The summed E-state index contributed by atoms with van der Waals surface area (Å²) in [5, 5.41) is 0. The van der Waals surface area contributed by atoms with Crippen molar-refractivity contribution in [2.24, 2.45) is 0 Å². The SMILES string of the molecule is CC(=O)c1ccc(CCNS(=O)(=O)c2ccc(C)s2)s1. The molecule has 0 fully saturated rings. The molecule has 0 saturated carbocycles. The molecule has 2 aromatic heterocycles. The van der Waals surface area contributed by atoms with Crippen molar-refractivity contribution in [3.05, 3.63) is 38.9 Å². The van der Waals surface area contributed by atoms with Gasteiger partial charge in [0.25, 0.3) is 0 Å². The van der Waals surface area contributed by atoms with Crippen LogP contribution in [0.3, 0.4) is 0 Å². The number of hydrogen-bond donors (Lipinski definition) is 1. The summed E-state index contributed by atoms with van der Waals surface area (Å²) >= 11 is 2.67. The van der Waals surface area contributed by atoms with E-state index in [1.807, 2.05) is 13.0 Å². The van der Waals surface area contributed by atoms with Gasteiger partial charge in [0.05, 0.1) is 4.88 Å². The van der Waals surface area contributed by atoms with Gasteiger partial charge in [0.2, 0.25) is 10.0 Å². The molecule has 0 amide bonds. The number of Topliss-reactive ketones (excluding diaryl/α,β-unsaturated/α-hetero) is 1. The van der Waals surface area contributed by atoms with Crippen LogP contribution in [0.25, 0.3) is 0 Å². The summed E-state index contributed by atoms with van der Waals surface area (Å²) in [4.78, 5) is 13.9. The summed E-state index contributed by atoms with van der Waals surface area (Å²) in [6, 6.07) is 7.05. The summed E-state index contributed by atoms with van der Waals surface area (Å²) < 4.78 is 26.9. The summed E-state index contributed by atoms with van der Waals surface area (Å²) in [5.74, 6) is 0.0379. The number of carbonyl (C=O) groups is 1. The van der Waals surface area contributed by atoms with Gasteiger partial charge in [0.15, 0.2) is 5.78 Å². The fourth-order valence-electron chi connectivity index (χ4n) is 1.64.